The summed E-state index contributed by atoms with van der Waals surface area (Å²) in [5.74, 6) is -0.863. The number of halogens is 1. The molecule has 0 spiro atoms. The van der Waals surface area contributed by atoms with Crippen molar-refractivity contribution < 1.29 is 14.0 Å². The van der Waals surface area contributed by atoms with Gasteiger partial charge in [-0.3, -0.25) is 9.59 Å². The molecule has 1 heterocycles. The number of hydrogen-bond acceptors (Lipinski definition) is 2. The molecule has 1 aliphatic heterocycles. The van der Waals surface area contributed by atoms with Crippen LogP contribution in [0, 0.1) is 5.82 Å². The second-order valence-corrected chi connectivity index (χ2v) is 6.90. The molecule has 3 aromatic rings. The Labute approximate surface area is 162 Å². The molecule has 4 nitrogen and oxygen atoms in total. The molecule has 0 saturated carbocycles. The highest BCUT2D eigenvalue weighted by molar-refractivity contribution is 6.09. The van der Waals surface area contributed by atoms with Gasteiger partial charge in [0.2, 0.25) is 0 Å². The lowest BCUT2D eigenvalue weighted by Crippen LogP contribution is -2.35. The summed E-state index contributed by atoms with van der Waals surface area (Å²) in [6.07, 6.45) is 0.829. The lowest BCUT2D eigenvalue weighted by atomic mass is 10.1. The lowest BCUT2D eigenvalue weighted by Gasteiger charge is -2.23. The number of benzene rings is 3. The molecule has 1 aliphatic rings. The first-order chi connectivity index (χ1) is 13.5. The maximum atomic E-state index is 13.3. The van der Waals surface area contributed by atoms with Crippen LogP contribution in [0.5, 0.6) is 0 Å². The number of hydrogen-bond donors (Lipinski definition) is 1. The van der Waals surface area contributed by atoms with Gasteiger partial charge in [0, 0.05) is 28.5 Å². The Morgan fingerprint density at radius 1 is 0.964 bits per heavy atom. The first kappa shape index (κ1) is 17.9. The first-order valence-corrected chi connectivity index (χ1v) is 9.11. The molecule has 140 valence electrons. The van der Waals surface area contributed by atoms with E-state index in [0.29, 0.717) is 16.8 Å². The third-order valence-electron chi connectivity index (χ3n) is 4.90. The number of carbonyl (C=O) groups is 2. The van der Waals surface area contributed by atoms with E-state index < -0.39 is 5.82 Å². The first-order valence-electron chi connectivity index (χ1n) is 9.11. The van der Waals surface area contributed by atoms with Crippen LogP contribution in [0.15, 0.2) is 72.8 Å². The molecule has 0 fully saturated rings. The highest BCUT2D eigenvalue weighted by Gasteiger charge is 2.31. The van der Waals surface area contributed by atoms with Crippen LogP contribution in [0.1, 0.15) is 33.2 Å². The Kier molecular flexibility index (Phi) is 4.65. The van der Waals surface area contributed by atoms with Crippen LogP contribution >= 0.6 is 0 Å². The minimum Gasteiger partial charge on any atom is -0.322 e. The highest BCUT2D eigenvalue weighted by Crippen LogP contribution is 2.33. The van der Waals surface area contributed by atoms with E-state index in [9.17, 15) is 14.0 Å². The van der Waals surface area contributed by atoms with Crippen molar-refractivity contribution in [2.24, 2.45) is 0 Å². The summed E-state index contributed by atoms with van der Waals surface area (Å²) in [6.45, 7) is 2.03. The number of rotatable bonds is 3. The van der Waals surface area contributed by atoms with E-state index in [1.165, 1.54) is 18.2 Å². The standard InChI is InChI=1S/C23H19FN2O2/c1-15-13-18-5-2-3-8-21(18)26(15)23(28)17-11-9-16(10-12-17)22(27)25-20-7-4-6-19(24)14-20/h2-12,14-15H,13H2,1H3,(H,25,27). The van der Waals surface area contributed by atoms with Crippen molar-refractivity contribution >= 4 is 23.2 Å². The summed E-state index contributed by atoms with van der Waals surface area (Å²) in [6, 6.07) is 20.2. The number of anilines is 2. The zero-order chi connectivity index (χ0) is 19.7. The van der Waals surface area contributed by atoms with Crippen molar-refractivity contribution in [1.29, 1.82) is 0 Å². The molecule has 3 aromatic carbocycles. The second-order valence-electron chi connectivity index (χ2n) is 6.90. The van der Waals surface area contributed by atoms with E-state index >= 15 is 0 Å². The van der Waals surface area contributed by atoms with Gasteiger partial charge in [-0.15, -0.1) is 0 Å². The fraction of sp³-hybridized carbons (Fsp3) is 0.130. The number of para-hydroxylation sites is 1. The molecule has 1 unspecified atom stereocenters. The van der Waals surface area contributed by atoms with E-state index in [2.05, 4.69) is 5.32 Å². The van der Waals surface area contributed by atoms with Crippen LogP contribution in [-0.2, 0) is 6.42 Å². The summed E-state index contributed by atoms with van der Waals surface area (Å²) >= 11 is 0. The van der Waals surface area contributed by atoms with E-state index in [1.54, 1.807) is 35.2 Å². The van der Waals surface area contributed by atoms with Gasteiger partial charge in [0.25, 0.3) is 11.8 Å². The molecule has 28 heavy (non-hydrogen) atoms. The fourth-order valence-corrected chi connectivity index (χ4v) is 3.55. The smallest absolute Gasteiger partial charge is 0.258 e. The van der Waals surface area contributed by atoms with Crippen LogP contribution < -0.4 is 10.2 Å². The molecule has 4 rings (SSSR count). The zero-order valence-corrected chi connectivity index (χ0v) is 15.4. The molecule has 5 heteroatoms. The Bertz CT molecular complexity index is 1050. The average Bonchev–Trinajstić information content (AvgIpc) is 3.03. The van der Waals surface area contributed by atoms with Gasteiger partial charge in [-0.2, -0.15) is 0 Å². The molecule has 0 aromatic heterocycles. The summed E-state index contributed by atoms with van der Waals surface area (Å²) in [4.78, 5) is 27.2. The largest absolute Gasteiger partial charge is 0.322 e. The monoisotopic (exact) mass is 374 g/mol. The maximum Gasteiger partial charge on any atom is 0.258 e. The van der Waals surface area contributed by atoms with Crippen molar-refractivity contribution in [2.75, 3.05) is 10.2 Å². The number of nitrogens with zero attached hydrogens (tertiary/aromatic N) is 1. The molecule has 2 amide bonds. The van der Waals surface area contributed by atoms with Crippen LogP contribution in [0.4, 0.5) is 15.8 Å². The van der Waals surface area contributed by atoms with Crippen molar-refractivity contribution in [1.82, 2.24) is 0 Å². The topological polar surface area (TPSA) is 49.4 Å². The van der Waals surface area contributed by atoms with Crippen molar-refractivity contribution in [2.45, 2.75) is 19.4 Å². The summed E-state index contributed by atoms with van der Waals surface area (Å²) in [5.41, 5.74) is 3.40. The maximum absolute atomic E-state index is 13.3. The molecule has 0 aliphatic carbocycles. The fourth-order valence-electron chi connectivity index (χ4n) is 3.55. The summed E-state index contributed by atoms with van der Waals surface area (Å²) in [7, 11) is 0. The predicted octanol–water partition coefficient (Wildman–Crippen LogP) is 4.67. The third kappa shape index (κ3) is 3.39. The van der Waals surface area contributed by atoms with Gasteiger partial charge in [-0.25, -0.2) is 4.39 Å². The van der Waals surface area contributed by atoms with Crippen LogP contribution in [-0.4, -0.2) is 17.9 Å². The zero-order valence-electron chi connectivity index (χ0n) is 15.4. The minimum atomic E-state index is -0.418. The van der Waals surface area contributed by atoms with Gasteiger partial charge < -0.3 is 10.2 Å². The van der Waals surface area contributed by atoms with Gasteiger partial charge in [0.1, 0.15) is 5.82 Å². The third-order valence-corrected chi connectivity index (χ3v) is 4.90. The Balaban J connectivity index is 1.52. The number of fused-ring (bicyclic) bond motifs is 1. The molecular formula is C23H19FN2O2. The quantitative estimate of drug-likeness (QED) is 0.724. The van der Waals surface area contributed by atoms with Gasteiger partial charge in [0.05, 0.1) is 0 Å². The van der Waals surface area contributed by atoms with Crippen LogP contribution in [0.2, 0.25) is 0 Å². The second kappa shape index (κ2) is 7.27. The molecule has 0 bridgehead atoms. The van der Waals surface area contributed by atoms with Crippen molar-refractivity contribution in [3.8, 4) is 0 Å². The summed E-state index contributed by atoms with van der Waals surface area (Å²) in [5, 5.41) is 2.65. The Morgan fingerprint density at radius 3 is 2.43 bits per heavy atom. The number of amides is 2. The Morgan fingerprint density at radius 2 is 1.68 bits per heavy atom. The molecule has 0 radical (unpaired) electrons. The van der Waals surface area contributed by atoms with Crippen molar-refractivity contribution in [3.05, 3.63) is 95.3 Å². The van der Waals surface area contributed by atoms with Gasteiger partial charge in [0.15, 0.2) is 0 Å². The van der Waals surface area contributed by atoms with E-state index in [1.807, 2.05) is 31.2 Å². The average molecular weight is 374 g/mol. The molecule has 1 N–H and O–H groups in total. The number of nitrogens with one attached hydrogen (secondary N) is 1. The lowest BCUT2D eigenvalue weighted by molar-refractivity contribution is 0.0978. The minimum absolute atomic E-state index is 0.0841. The van der Waals surface area contributed by atoms with Crippen molar-refractivity contribution in [3.63, 3.8) is 0 Å². The van der Waals surface area contributed by atoms with Gasteiger partial charge >= 0.3 is 0 Å². The Hall–Kier alpha value is -3.47. The van der Waals surface area contributed by atoms with E-state index in [0.717, 1.165) is 17.7 Å². The summed E-state index contributed by atoms with van der Waals surface area (Å²) < 4.78 is 13.3. The molecular weight excluding hydrogens is 355 g/mol. The van der Waals surface area contributed by atoms with E-state index in [-0.39, 0.29) is 17.9 Å². The normalized spacial score (nSPS) is 15.2. The van der Waals surface area contributed by atoms with Crippen LogP contribution in [0.25, 0.3) is 0 Å². The van der Waals surface area contributed by atoms with Crippen LogP contribution in [0.3, 0.4) is 0 Å². The molecule has 1 atom stereocenters. The highest BCUT2D eigenvalue weighted by atomic mass is 19.1. The number of carbonyl (C=O) groups excluding carboxylic acids is 2. The van der Waals surface area contributed by atoms with E-state index in [4.69, 9.17) is 0 Å². The van der Waals surface area contributed by atoms with Gasteiger partial charge in [-0.05, 0) is 67.4 Å². The molecule has 0 saturated heterocycles. The predicted molar refractivity (Wildman–Crippen MR) is 107 cm³/mol. The van der Waals surface area contributed by atoms with Gasteiger partial charge in [-0.1, -0.05) is 24.3 Å². The SMILES string of the molecule is CC1Cc2ccccc2N1C(=O)c1ccc(C(=O)Nc2cccc(F)c2)cc1.